The Balaban J connectivity index is 1.44. The first kappa shape index (κ1) is 19.4. The Morgan fingerprint density at radius 3 is 2.48 bits per heavy atom. The first-order valence-corrected chi connectivity index (χ1v) is 9.09. The van der Waals surface area contributed by atoms with Gasteiger partial charge in [-0.1, -0.05) is 30.3 Å². The molecule has 1 aliphatic heterocycles. The zero-order chi connectivity index (χ0) is 19.3. The second-order valence-corrected chi connectivity index (χ2v) is 6.93. The molecule has 0 aromatic heterocycles. The molecule has 2 atom stereocenters. The van der Waals surface area contributed by atoms with Gasteiger partial charge in [0.05, 0.1) is 19.1 Å². The molecule has 8 heteroatoms. The second kappa shape index (κ2) is 8.58. The Labute approximate surface area is 161 Å². The molecule has 0 bridgehead atoms. The van der Waals surface area contributed by atoms with Crippen LogP contribution in [-0.2, 0) is 6.54 Å². The summed E-state index contributed by atoms with van der Waals surface area (Å²) in [4.78, 5) is 1.50. The molecule has 0 saturated carbocycles. The van der Waals surface area contributed by atoms with Crippen molar-refractivity contribution in [3.05, 3.63) is 60.2 Å². The lowest BCUT2D eigenvalue weighted by molar-refractivity contribution is -0.901. The topological polar surface area (TPSA) is 37.7 Å². The predicted octanol–water partition coefficient (Wildman–Crippen LogP) is 2.73. The molecule has 1 aliphatic rings. The van der Waals surface area contributed by atoms with E-state index < -0.39 is 6.36 Å². The van der Waals surface area contributed by atoms with Gasteiger partial charge in [0.1, 0.15) is 12.3 Å². The van der Waals surface area contributed by atoms with Gasteiger partial charge in [-0.25, -0.2) is 0 Å². The van der Waals surface area contributed by atoms with Crippen LogP contribution in [0.2, 0.25) is 0 Å². The molecule has 3 N–H and O–H groups in total. The minimum absolute atomic E-state index is 0.261. The summed E-state index contributed by atoms with van der Waals surface area (Å²) >= 11 is 5.32. The maximum Gasteiger partial charge on any atom is 0.573 e. The third kappa shape index (κ3) is 6.41. The van der Waals surface area contributed by atoms with Crippen LogP contribution >= 0.6 is 12.2 Å². The summed E-state index contributed by atoms with van der Waals surface area (Å²) in [6, 6.07) is 16.1. The molecule has 0 radical (unpaired) electrons. The lowest BCUT2D eigenvalue weighted by atomic mass is 10.2. The molecule has 4 nitrogen and oxygen atoms in total. The zero-order valence-corrected chi connectivity index (χ0v) is 15.4. The SMILES string of the molecule is FC(F)(F)Oc1ccc(NC(=S)N[C@H]2CC[NH+](Cc3ccccc3)C2)cc1. The highest BCUT2D eigenvalue weighted by Gasteiger charge is 2.31. The molecule has 0 spiro atoms. The highest BCUT2D eigenvalue weighted by molar-refractivity contribution is 7.80. The summed E-state index contributed by atoms with van der Waals surface area (Å²) in [5.74, 6) is -0.261. The third-order valence-corrected chi connectivity index (χ3v) is 4.58. The predicted molar refractivity (Wildman–Crippen MR) is 102 cm³/mol. The van der Waals surface area contributed by atoms with Gasteiger partial charge in [-0.15, -0.1) is 13.2 Å². The maximum absolute atomic E-state index is 12.2. The van der Waals surface area contributed by atoms with Gasteiger partial charge in [0, 0.05) is 17.7 Å². The summed E-state index contributed by atoms with van der Waals surface area (Å²) < 4.78 is 40.4. The van der Waals surface area contributed by atoms with Gasteiger partial charge in [0.25, 0.3) is 0 Å². The molecular weight excluding hydrogens is 375 g/mol. The Morgan fingerprint density at radius 1 is 1.11 bits per heavy atom. The van der Waals surface area contributed by atoms with Crippen molar-refractivity contribution in [1.82, 2.24) is 5.32 Å². The average Bonchev–Trinajstić information content (AvgIpc) is 3.03. The molecule has 27 heavy (non-hydrogen) atoms. The minimum atomic E-state index is -4.69. The molecule has 2 aromatic carbocycles. The number of ether oxygens (including phenoxy) is 1. The van der Waals surface area contributed by atoms with E-state index in [1.807, 2.05) is 18.2 Å². The standard InChI is InChI=1S/C19H20F3N3OS/c20-19(21,22)26-17-8-6-15(7-9-17)23-18(27)24-16-10-11-25(13-16)12-14-4-2-1-3-5-14/h1-9,16H,10-13H2,(H2,23,24,27)/p+1/t16-/m0/s1. The number of nitrogens with one attached hydrogen (secondary N) is 3. The normalized spacial score (nSPS) is 19.5. The Hall–Kier alpha value is -2.32. The Morgan fingerprint density at radius 2 is 1.81 bits per heavy atom. The van der Waals surface area contributed by atoms with Crippen molar-refractivity contribution in [2.45, 2.75) is 25.4 Å². The lowest BCUT2D eigenvalue weighted by Crippen LogP contribution is -3.09. The van der Waals surface area contributed by atoms with Gasteiger partial charge in [-0.05, 0) is 36.5 Å². The molecule has 144 valence electrons. The van der Waals surface area contributed by atoms with Crippen LogP contribution in [0.25, 0.3) is 0 Å². The highest BCUT2D eigenvalue weighted by Crippen LogP contribution is 2.23. The van der Waals surface area contributed by atoms with Crippen LogP contribution in [0.4, 0.5) is 18.9 Å². The third-order valence-electron chi connectivity index (χ3n) is 4.36. The van der Waals surface area contributed by atoms with Crippen molar-refractivity contribution in [2.24, 2.45) is 0 Å². The molecule has 3 rings (SSSR count). The Bertz CT molecular complexity index is 753. The number of likely N-dealkylation sites (tertiary alicyclic amines) is 1. The smallest absolute Gasteiger partial charge is 0.406 e. The van der Waals surface area contributed by atoms with Gasteiger partial charge < -0.3 is 20.3 Å². The van der Waals surface area contributed by atoms with Gasteiger partial charge >= 0.3 is 6.36 Å². The van der Waals surface area contributed by atoms with Gasteiger partial charge in [0.15, 0.2) is 5.11 Å². The fraction of sp³-hybridized carbons (Fsp3) is 0.316. The first-order chi connectivity index (χ1) is 12.9. The zero-order valence-electron chi connectivity index (χ0n) is 14.6. The van der Waals surface area contributed by atoms with Crippen LogP contribution in [0.1, 0.15) is 12.0 Å². The second-order valence-electron chi connectivity index (χ2n) is 6.52. The number of anilines is 1. The van der Waals surface area contributed by atoms with Crippen molar-refractivity contribution in [1.29, 1.82) is 0 Å². The summed E-state index contributed by atoms with van der Waals surface area (Å²) in [5, 5.41) is 6.75. The first-order valence-electron chi connectivity index (χ1n) is 8.68. The molecular formula is C19H21F3N3OS+. The van der Waals surface area contributed by atoms with E-state index in [2.05, 4.69) is 27.5 Å². The fourth-order valence-electron chi connectivity index (χ4n) is 3.19. The van der Waals surface area contributed by atoms with Gasteiger partial charge in [-0.2, -0.15) is 0 Å². The quantitative estimate of drug-likeness (QED) is 0.680. The van der Waals surface area contributed by atoms with Crippen LogP contribution in [0, 0.1) is 0 Å². The Kier molecular flexibility index (Phi) is 6.18. The van der Waals surface area contributed by atoms with E-state index in [4.69, 9.17) is 12.2 Å². The molecule has 1 fully saturated rings. The average molecular weight is 396 g/mol. The number of hydrogen-bond acceptors (Lipinski definition) is 2. The number of alkyl halides is 3. The summed E-state index contributed by atoms with van der Waals surface area (Å²) in [6.45, 7) is 3.02. The number of benzene rings is 2. The van der Waals surface area contributed by atoms with Crippen molar-refractivity contribution >= 4 is 23.0 Å². The van der Waals surface area contributed by atoms with E-state index in [-0.39, 0.29) is 11.8 Å². The number of halogens is 3. The van der Waals surface area contributed by atoms with E-state index in [1.54, 1.807) is 0 Å². The van der Waals surface area contributed by atoms with E-state index in [0.29, 0.717) is 10.8 Å². The summed E-state index contributed by atoms with van der Waals surface area (Å²) in [5.41, 5.74) is 1.92. The molecule has 1 saturated heterocycles. The van der Waals surface area contributed by atoms with E-state index in [9.17, 15) is 13.2 Å². The molecule has 1 heterocycles. The molecule has 0 aliphatic carbocycles. The van der Waals surface area contributed by atoms with Crippen molar-refractivity contribution in [3.8, 4) is 5.75 Å². The number of quaternary nitrogens is 1. The van der Waals surface area contributed by atoms with Crippen LogP contribution in [0.3, 0.4) is 0 Å². The van der Waals surface area contributed by atoms with E-state index in [1.165, 1.54) is 34.7 Å². The highest BCUT2D eigenvalue weighted by atomic mass is 32.1. The van der Waals surface area contributed by atoms with Gasteiger partial charge in [0.2, 0.25) is 0 Å². The van der Waals surface area contributed by atoms with E-state index in [0.717, 1.165) is 26.1 Å². The van der Waals surface area contributed by atoms with Crippen molar-refractivity contribution in [3.63, 3.8) is 0 Å². The largest absolute Gasteiger partial charge is 0.573 e. The summed E-state index contributed by atoms with van der Waals surface area (Å²) in [6.07, 6.45) is -3.68. The number of hydrogen-bond donors (Lipinski definition) is 3. The van der Waals surface area contributed by atoms with Crippen molar-refractivity contribution < 1.29 is 22.8 Å². The van der Waals surface area contributed by atoms with Crippen LogP contribution in [0.15, 0.2) is 54.6 Å². The van der Waals surface area contributed by atoms with E-state index >= 15 is 0 Å². The van der Waals surface area contributed by atoms with Crippen LogP contribution < -0.4 is 20.3 Å². The van der Waals surface area contributed by atoms with Crippen molar-refractivity contribution in [2.75, 3.05) is 18.4 Å². The lowest BCUT2D eigenvalue weighted by Gasteiger charge is -2.16. The van der Waals surface area contributed by atoms with Crippen LogP contribution in [0.5, 0.6) is 5.75 Å². The molecule has 0 amide bonds. The minimum Gasteiger partial charge on any atom is -0.406 e. The van der Waals surface area contributed by atoms with Gasteiger partial charge in [-0.3, -0.25) is 0 Å². The summed E-state index contributed by atoms with van der Waals surface area (Å²) in [7, 11) is 0. The monoisotopic (exact) mass is 396 g/mol. The number of thiocarbonyl (C=S) groups is 1. The number of rotatable bonds is 5. The fourth-order valence-corrected chi connectivity index (χ4v) is 3.48. The maximum atomic E-state index is 12.2. The van der Waals surface area contributed by atoms with Crippen LogP contribution in [-0.4, -0.2) is 30.6 Å². The molecule has 1 unspecified atom stereocenters. The molecule has 2 aromatic rings.